The first-order valence-corrected chi connectivity index (χ1v) is 9.00. The average molecular weight is 393 g/mol. The zero-order chi connectivity index (χ0) is 18.0. The molecule has 2 aromatic carbocycles. The largest absolute Gasteiger partial charge is 0.480 e. The Bertz CT molecular complexity index is 926. The van der Waals surface area contributed by atoms with Crippen LogP contribution in [0.1, 0.15) is 5.69 Å². The number of benzene rings is 2. The van der Waals surface area contributed by atoms with Gasteiger partial charge in [-0.05, 0) is 25.1 Å². The molecule has 0 amide bonds. The third kappa shape index (κ3) is 4.00. The van der Waals surface area contributed by atoms with E-state index in [-0.39, 0.29) is 6.54 Å². The molecule has 0 saturated carbocycles. The monoisotopic (exact) mass is 392 g/mol. The van der Waals surface area contributed by atoms with Crippen LogP contribution in [0.3, 0.4) is 0 Å². The second-order valence-corrected chi connectivity index (χ2v) is 7.26. The number of hydrogen-bond acceptors (Lipinski definition) is 3. The first-order chi connectivity index (χ1) is 12.0. The Labute approximate surface area is 159 Å². The molecule has 0 spiro atoms. The maximum Gasteiger partial charge on any atom is 0.325 e. The summed E-state index contributed by atoms with van der Waals surface area (Å²) in [6, 6.07) is 15.1. The number of halogens is 2. The lowest BCUT2D eigenvalue weighted by Gasteiger charge is -2.06. The molecule has 0 aliphatic rings. The highest BCUT2D eigenvalue weighted by molar-refractivity contribution is 7.99. The summed E-state index contributed by atoms with van der Waals surface area (Å²) in [5.41, 5.74) is 2.46. The van der Waals surface area contributed by atoms with Crippen LogP contribution in [0.15, 0.2) is 58.3 Å². The highest BCUT2D eigenvalue weighted by atomic mass is 35.5. The molecule has 0 atom stereocenters. The van der Waals surface area contributed by atoms with Crippen LogP contribution in [0.4, 0.5) is 0 Å². The lowest BCUT2D eigenvalue weighted by Crippen LogP contribution is -2.11. The van der Waals surface area contributed by atoms with Crippen LogP contribution < -0.4 is 0 Å². The van der Waals surface area contributed by atoms with Gasteiger partial charge in [0.2, 0.25) is 0 Å². The topological polar surface area (TPSA) is 55.1 Å². The molecule has 1 N–H and O–H groups in total. The fourth-order valence-electron chi connectivity index (χ4n) is 2.38. The van der Waals surface area contributed by atoms with E-state index in [4.69, 9.17) is 28.3 Å². The Kier molecular flexibility index (Phi) is 5.37. The smallest absolute Gasteiger partial charge is 0.325 e. The van der Waals surface area contributed by atoms with Crippen LogP contribution >= 0.6 is 35.0 Å². The van der Waals surface area contributed by atoms with Gasteiger partial charge in [-0.15, -0.1) is 0 Å². The van der Waals surface area contributed by atoms with Crippen molar-refractivity contribution in [3.63, 3.8) is 0 Å². The maximum atomic E-state index is 11.1. The van der Waals surface area contributed by atoms with Gasteiger partial charge in [-0.1, -0.05) is 65.3 Å². The number of aliphatic carboxylic acids is 1. The molecule has 25 heavy (non-hydrogen) atoms. The fourth-order valence-corrected chi connectivity index (χ4v) is 3.80. The van der Waals surface area contributed by atoms with Gasteiger partial charge < -0.3 is 5.11 Å². The van der Waals surface area contributed by atoms with Crippen LogP contribution in [0.5, 0.6) is 0 Å². The minimum absolute atomic E-state index is 0.187. The van der Waals surface area contributed by atoms with E-state index in [9.17, 15) is 4.79 Å². The van der Waals surface area contributed by atoms with E-state index < -0.39 is 5.97 Å². The Morgan fingerprint density at radius 1 is 1.16 bits per heavy atom. The molecule has 1 aromatic heterocycles. The number of aromatic nitrogens is 2. The normalized spacial score (nSPS) is 10.8. The molecule has 0 aliphatic carbocycles. The fraction of sp³-hybridized carbons (Fsp3) is 0.111. The summed E-state index contributed by atoms with van der Waals surface area (Å²) in [5, 5.41) is 14.6. The van der Waals surface area contributed by atoms with Crippen molar-refractivity contribution in [3.05, 3.63) is 64.3 Å². The number of carboxylic acid groups (broad SMARTS) is 1. The molecule has 4 nitrogen and oxygen atoms in total. The van der Waals surface area contributed by atoms with E-state index in [0.29, 0.717) is 10.0 Å². The van der Waals surface area contributed by atoms with Gasteiger partial charge in [0.05, 0.1) is 20.6 Å². The van der Waals surface area contributed by atoms with Gasteiger partial charge in [-0.3, -0.25) is 9.48 Å². The van der Waals surface area contributed by atoms with Crippen molar-refractivity contribution in [2.45, 2.75) is 23.3 Å². The van der Waals surface area contributed by atoms with Gasteiger partial charge in [-0.25, -0.2) is 0 Å². The SMILES string of the molecule is Cc1c(Sc2ccc(Cl)c(Cl)c2)c(-c2ccccc2)nn1CC(=O)O. The molecule has 3 rings (SSSR count). The molecule has 0 fully saturated rings. The first-order valence-electron chi connectivity index (χ1n) is 7.43. The summed E-state index contributed by atoms with van der Waals surface area (Å²) in [7, 11) is 0. The minimum Gasteiger partial charge on any atom is -0.480 e. The third-order valence-electron chi connectivity index (χ3n) is 3.59. The molecule has 0 aliphatic heterocycles. The van der Waals surface area contributed by atoms with E-state index in [1.165, 1.54) is 16.4 Å². The molecule has 7 heteroatoms. The van der Waals surface area contributed by atoms with Crippen LogP contribution in [0, 0.1) is 6.92 Å². The molecule has 0 radical (unpaired) electrons. The van der Waals surface area contributed by atoms with Gasteiger partial charge in [-0.2, -0.15) is 5.10 Å². The summed E-state index contributed by atoms with van der Waals surface area (Å²) in [5.74, 6) is -0.934. The number of nitrogens with zero attached hydrogens (tertiary/aromatic N) is 2. The Balaban J connectivity index is 2.07. The van der Waals surface area contributed by atoms with Crippen molar-refractivity contribution in [1.82, 2.24) is 9.78 Å². The van der Waals surface area contributed by atoms with E-state index in [0.717, 1.165) is 26.7 Å². The molecule has 128 valence electrons. The second-order valence-electron chi connectivity index (χ2n) is 5.36. The third-order valence-corrected chi connectivity index (χ3v) is 5.52. The maximum absolute atomic E-state index is 11.1. The lowest BCUT2D eigenvalue weighted by atomic mass is 10.1. The molecule has 3 aromatic rings. The zero-order valence-electron chi connectivity index (χ0n) is 13.2. The van der Waals surface area contributed by atoms with Gasteiger partial charge in [0, 0.05) is 10.5 Å². The molecular formula is C18H14Cl2N2O2S. The molecule has 0 saturated heterocycles. The zero-order valence-corrected chi connectivity index (χ0v) is 15.6. The second kappa shape index (κ2) is 7.52. The van der Waals surface area contributed by atoms with Gasteiger partial charge in [0.15, 0.2) is 0 Å². The van der Waals surface area contributed by atoms with Gasteiger partial charge >= 0.3 is 5.97 Å². The quantitative estimate of drug-likeness (QED) is 0.631. The lowest BCUT2D eigenvalue weighted by molar-refractivity contribution is -0.137. The van der Waals surface area contributed by atoms with E-state index in [2.05, 4.69) is 5.10 Å². The first kappa shape index (κ1) is 17.9. The Morgan fingerprint density at radius 2 is 1.88 bits per heavy atom. The predicted molar refractivity (Wildman–Crippen MR) is 101 cm³/mol. The van der Waals surface area contributed by atoms with Crippen molar-refractivity contribution in [2.75, 3.05) is 0 Å². The van der Waals surface area contributed by atoms with E-state index >= 15 is 0 Å². The highest BCUT2D eigenvalue weighted by Gasteiger charge is 2.19. The average Bonchev–Trinajstić information content (AvgIpc) is 2.88. The summed E-state index contributed by atoms with van der Waals surface area (Å²) in [6.45, 7) is 1.68. The van der Waals surface area contributed by atoms with Gasteiger partial charge in [0.25, 0.3) is 0 Å². The number of carboxylic acids is 1. The standard InChI is InChI=1S/C18H14Cl2N2O2S/c1-11-18(25-13-7-8-14(19)15(20)9-13)17(12-5-3-2-4-6-12)21-22(11)10-16(23)24/h2-9H,10H2,1H3,(H,23,24). The Morgan fingerprint density at radius 3 is 2.52 bits per heavy atom. The summed E-state index contributed by atoms with van der Waals surface area (Å²) < 4.78 is 1.50. The Hall–Kier alpha value is -1.95. The van der Waals surface area contributed by atoms with Crippen molar-refractivity contribution < 1.29 is 9.90 Å². The highest BCUT2D eigenvalue weighted by Crippen LogP contribution is 2.39. The number of rotatable bonds is 5. The van der Waals surface area contributed by atoms with E-state index in [1.807, 2.05) is 43.3 Å². The van der Waals surface area contributed by atoms with Crippen molar-refractivity contribution in [2.24, 2.45) is 0 Å². The molecule has 0 unspecified atom stereocenters. The predicted octanol–water partition coefficient (Wildman–Crippen LogP) is 5.40. The summed E-state index contributed by atoms with van der Waals surface area (Å²) in [6.07, 6.45) is 0. The molecular weight excluding hydrogens is 379 g/mol. The molecule has 0 bridgehead atoms. The van der Waals surface area contributed by atoms with Crippen LogP contribution in [-0.4, -0.2) is 20.9 Å². The van der Waals surface area contributed by atoms with Gasteiger partial charge in [0.1, 0.15) is 12.2 Å². The van der Waals surface area contributed by atoms with Crippen LogP contribution in [0.25, 0.3) is 11.3 Å². The summed E-state index contributed by atoms with van der Waals surface area (Å²) >= 11 is 13.6. The van der Waals surface area contributed by atoms with Crippen molar-refractivity contribution in [1.29, 1.82) is 0 Å². The van der Waals surface area contributed by atoms with Crippen LogP contribution in [0.2, 0.25) is 10.0 Å². The van der Waals surface area contributed by atoms with Crippen molar-refractivity contribution >= 4 is 40.9 Å². The minimum atomic E-state index is -0.934. The van der Waals surface area contributed by atoms with E-state index in [1.54, 1.807) is 12.1 Å². The number of hydrogen-bond donors (Lipinski definition) is 1. The van der Waals surface area contributed by atoms with Crippen molar-refractivity contribution in [3.8, 4) is 11.3 Å². The number of carbonyl (C=O) groups is 1. The van der Waals surface area contributed by atoms with Crippen LogP contribution in [-0.2, 0) is 11.3 Å². The summed E-state index contributed by atoms with van der Waals surface area (Å²) in [4.78, 5) is 12.9. The molecule has 1 heterocycles.